The van der Waals surface area contributed by atoms with Crippen LogP contribution in [0, 0.1) is 0 Å². The number of carbonyl (C=O) groups is 1. The van der Waals surface area contributed by atoms with Crippen LogP contribution in [0.4, 0.5) is 0 Å². The molecule has 0 bridgehead atoms. The van der Waals surface area contributed by atoms with Gasteiger partial charge in [0.2, 0.25) is 0 Å². The molecule has 0 amide bonds. The highest BCUT2D eigenvalue weighted by Gasteiger charge is 2.15. The summed E-state index contributed by atoms with van der Waals surface area (Å²) in [6.45, 7) is 3.27. The van der Waals surface area contributed by atoms with E-state index in [0.29, 0.717) is 18.8 Å². The highest BCUT2D eigenvalue weighted by Crippen LogP contribution is 2.19. The van der Waals surface area contributed by atoms with Gasteiger partial charge in [-0.2, -0.15) is 0 Å². The molecule has 1 heterocycles. The molecule has 0 saturated heterocycles. The lowest BCUT2D eigenvalue weighted by atomic mass is 10.00. The van der Waals surface area contributed by atoms with Gasteiger partial charge >= 0.3 is 0 Å². The molecule has 0 radical (unpaired) electrons. The minimum atomic E-state index is 0.0488. The normalized spacial score (nSPS) is 14.8. The summed E-state index contributed by atoms with van der Waals surface area (Å²) in [5.41, 5.74) is 1.44. The molecule has 1 aliphatic rings. The Morgan fingerprint density at radius 2 is 2.12 bits per heavy atom. The topological polar surface area (TPSA) is 35.5 Å². The third kappa shape index (κ3) is 2.87. The van der Waals surface area contributed by atoms with Gasteiger partial charge in [0, 0.05) is 11.1 Å². The Morgan fingerprint density at radius 1 is 1.35 bits per heavy atom. The van der Waals surface area contributed by atoms with E-state index < -0.39 is 0 Å². The van der Waals surface area contributed by atoms with Gasteiger partial charge in [0.1, 0.15) is 5.75 Å². The lowest BCUT2D eigenvalue weighted by Gasteiger charge is -2.12. The third-order valence-corrected chi connectivity index (χ3v) is 2.65. The molecule has 0 fully saturated rings. The van der Waals surface area contributed by atoms with Crippen LogP contribution in [0.3, 0.4) is 0 Å². The van der Waals surface area contributed by atoms with Crippen LogP contribution in [0.5, 0.6) is 5.75 Å². The van der Waals surface area contributed by atoms with Crippen molar-refractivity contribution in [3.8, 4) is 5.75 Å². The predicted octanol–water partition coefficient (Wildman–Crippen LogP) is 2.96. The van der Waals surface area contributed by atoms with Crippen LogP contribution in [0.2, 0.25) is 0 Å². The molecular formula is C14H16O3. The fourth-order valence-corrected chi connectivity index (χ4v) is 1.79. The summed E-state index contributed by atoms with van der Waals surface area (Å²) >= 11 is 0. The summed E-state index contributed by atoms with van der Waals surface area (Å²) in [6.07, 6.45) is 3.29. The Morgan fingerprint density at radius 3 is 2.71 bits per heavy atom. The Kier molecular flexibility index (Phi) is 3.81. The van der Waals surface area contributed by atoms with Crippen molar-refractivity contribution in [3.63, 3.8) is 0 Å². The first-order chi connectivity index (χ1) is 8.31. The minimum absolute atomic E-state index is 0.0488. The first kappa shape index (κ1) is 11.7. The van der Waals surface area contributed by atoms with Crippen molar-refractivity contribution in [1.82, 2.24) is 0 Å². The fourth-order valence-electron chi connectivity index (χ4n) is 1.79. The number of benzene rings is 1. The van der Waals surface area contributed by atoms with Gasteiger partial charge in [-0.1, -0.05) is 0 Å². The van der Waals surface area contributed by atoms with E-state index in [1.165, 1.54) is 0 Å². The van der Waals surface area contributed by atoms with Gasteiger partial charge in [0.25, 0.3) is 0 Å². The number of hydrogen-bond donors (Lipinski definition) is 0. The van der Waals surface area contributed by atoms with Crippen LogP contribution in [0.1, 0.15) is 30.1 Å². The summed E-state index contributed by atoms with van der Waals surface area (Å²) in [6, 6.07) is 7.23. The largest absolute Gasteiger partial charge is 0.501 e. The molecule has 2 rings (SSSR count). The van der Waals surface area contributed by atoms with E-state index >= 15 is 0 Å². The maximum atomic E-state index is 12.1. The molecule has 0 aromatic heterocycles. The maximum Gasteiger partial charge on any atom is 0.192 e. The minimum Gasteiger partial charge on any atom is -0.501 e. The van der Waals surface area contributed by atoms with Gasteiger partial charge in [-0.15, -0.1) is 0 Å². The Labute approximate surface area is 101 Å². The highest BCUT2D eigenvalue weighted by molar-refractivity contribution is 6.08. The number of ketones is 1. The number of carbonyl (C=O) groups excluding carboxylic acids is 1. The zero-order valence-corrected chi connectivity index (χ0v) is 9.94. The predicted molar refractivity (Wildman–Crippen MR) is 65.2 cm³/mol. The van der Waals surface area contributed by atoms with Gasteiger partial charge < -0.3 is 9.47 Å². The third-order valence-electron chi connectivity index (χ3n) is 2.65. The average Bonchev–Trinajstić information content (AvgIpc) is 2.40. The highest BCUT2D eigenvalue weighted by atomic mass is 16.5. The number of rotatable bonds is 4. The molecule has 0 spiro atoms. The zero-order chi connectivity index (χ0) is 12.1. The summed E-state index contributed by atoms with van der Waals surface area (Å²) < 4.78 is 10.5. The molecule has 0 saturated carbocycles. The average molecular weight is 232 g/mol. The van der Waals surface area contributed by atoms with Crippen molar-refractivity contribution in [2.75, 3.05) is 13.2 Å². The second-order valence-electron chi connectivity index (χ2n) is 3.90. The Bertz CT molecular complexity index is 418. The van der Waals surface area contributed by atoms with E-state index in [-0.39, 0.29) is 5.78 Å². The van der Waals surface area contributed by atoms with Gasteiger partial charge in [-0.3, -0.25) is 4.79 Å². The number of Topliss-reactive ketones (excluding diaryl/α,β-unsaturated/α-hetero) is 1. The second-order valence-corrected chi connectivity index (χ2v) is 3.90. The Hall–Kier alpha value is -1.77. The van der Waals surface area contributed by atoms with Gasteiger partial charge in [-0.05, 0) is 44.0 Å². The van der Waals surface area contributed by atoms with Crippen LogP contribution in [-0.2, 0) is 4.74 Å². The lowest BCUT2D eigenvalue weighted by molar-refractivity contribution is 0.101. The van der Waals surface area contributed by atoms with Crippen molar-refractivity contribution < 1.29 is 14.3 Å². The van der Waals surface area contributed by atoms with Gasteiger partial charge in [0.05, 0.1) is 19.5 Å². The van der Waals surface area contributed by atoms with E-state index in [4.69, 9.17) is 9.47 Å². The summed E-state index contributed by atoms with van der Waals surface area (Å²) in [4.78, 5) is 12.1. The molecule has 0 aliphatic carbocycles. The van der Waals surface area contributed by atoms with Crippen molar-refractivity contribution >= 4 is 5.78 Å². The molecule has 0 N–H and O–H groups in total. The first-order valence-electron chi connectivity index (χ1n) is 5.89. The van der Waals surface area contributed by atoms with Crippen molar-refractivity contribution in [1.29, 1.82) is 0 Å². The van der Waals surface area contributed by atoms with Crippen LogP contribution < -0.4 is 4.74 Å². The van der Waals surface area contributed by atoms with Crippen LogP contribution in [0.15, 0.2) is 36.1 Å². The molecule has 0 atom stereocenters. The van der Waals surface area contributed by atoms with E-state index in [1.807, 2.05) is 19.1 Å². The smallest absolute Gasteiger partial charge is 0.192 e. The summed E-state index contributed by atoms with van der Waals surface area (Å²) in [5, 5.41) is 0. The molecule has 1 aromatic carbocycles. The van der Waals surface area contributed by atoms with E-state index in [1.54, 1.807) is 18.4 Å². The van der Waals surface area contributed by atoms with Crippen LogP contribution >= 0.6 is 0 Å². The SMILES string of the molecule is CCOc1ccc(C(=O)C2=COCCC2)cc1. The standard InChI is InChI=1S/C14H16O3/c1-2-17-13-7-5-11(6-8-13)14(15)12-4-3-9-16-10-12/h5-8,10H,2-4,9H2,1H3. The second kappa shape index (κ2) is 5.53. The Balaban J connectivity index is 2.11. The first-order valence-corrected chi connectivity index (χ1v) is 5.89. The molecule has 0 unspecified atom stereocenters. The monoisotopic (exact) mass is 232 g/mol. The summed E-state index contributed by atoms with van der Waals surface area (Å²) in [5.74, 6) is 0.839. The van der Waals surface area contributed by atoms with Crippen molar-refractivity contribution in [3.05, 3.63) is 41.7 Å². The van der Waals surface area contributed by atoms with Gasteiger partial charge in [-0.25, -0.2) is 0 Å². The molecule has 90 valence electrons. The maximum absolute atomic E-state index is 12.1. The molecule has 17 heavy (non-hydrogen) atoms. The number of hydrogen-bond acceptors (Lipinski definition) is 3. The molecule has 3 nitrogen and oxygen atoms in total. The molecule has 3 heteroatoms. The molecular weight excluding hydrogens is 216 g/mol. The molecule has 1 aromatic rings. The quantitative estimate of drug-likeness (QED) is 0.749. The van der Waals surface area contributed by atoms with E-state index in [0.717, 1.165) is 24.2 Å². The van der Waals surface area contributed by atoms with E-state index in [2.05, 4.69) is 0 Å². The summed E-state index contributed by atoms with van der Waals surface area (Å²) in [7, 11) is 0. The van der Waals surface area contributed by atoms with Gasteiger partial charge in [0.15, 0.2) is 5.78 Å². The number of allylic oxidation sites excluding steroid dienone is 1. The fraction of sp³-hybridized carbons (Fsp3) is 0.357. The zero-order valence-electron chi connectivity index (χ0n) is 9.94. The molecule has 1 aliphatic heterocycles. The lowest BCUT2D eigenvalue weighted by Crippen LogP contribution is -2.09. The van der Waals surface area contributed by atoms with Crippen molar-refractivity contribution in [2.45, 2.75) is 19.8 Å². The van der Waals surface area contributed by atoms with Crippen LogP contribution in [-0.4, -0.2) is 19.0 Å². The van der Waals surface area contributed by atoms with E-state index in [9.17, 15) is 4.79 Å². The number of ether oxygens (including phenoxy) is 2. The van der Waals surface area contributed by atoms with Crippen LogP contribution in [0.25, 0.3) is 0 Å². The van der Waals surface area contributed by atoms with Crippen molar-refractivity contribution in [2.24, 2.45) is 0 Å².